The molecule has 0 heterocycles. The van der Waals surface area contributed by atoms with Gasteiger partial charge in [0.25, 0.3) is 5.91 Å². The van der Waals surface area contributed by atoms with Gasteiger partial charge >= 0.3 is 0 Å². The van der Waals surface area contributed by atoms with E-state index in [1.165, 1.54) is 20.3 Å². The molecule has 0 aromatic heterocycles. The zero-order valence-corrected chi connectivity index (χ0v) is 8.59. The first-order valence-electron chi connectivity index (χ1n) is 3.86. The summed E-state index contributed by atoms with van der Waals surface area (Å²) in [5.41, 5.74) is 2.52. The molecule has 0 aliphatic carbocycles. The minimum atomic E-state index is -0.396. The summed E-state index contributed by atoms with van der Waals surface area (Å²) in [6, 6.07) is 4.77. The molecule has 1 N–H and O–H groups in total. The minimum absolute atomic E-state index is 0.335. The number of hydroxylamine groups is 1. The first-order chi connectivity index (χ1) is 6.69. The van der Waals surface area contributed by atoms with Gasteiger partial charge in [0.15, 0.2) is 0 Å². The molecule has 0 unspecified atom stereocenters. The van der Waals surface area contributed by atoms with Crippen LogP contribution in [0.15, 0.2) is 18.2 Å². The number of amides is 1. The van der Waals surface area contributed by atoms with Gasteiger partial charge in [0.1, 0.15) is 5.75 Å². The van der Waals surface area contributed by atoms with Crippen molar-refractivity contribution in [1.29, 1.82) is 0 Å². The van der Waals surface area contributed by atoms with Crippen LogP contribution in [0, 0.1) is 0 Å². The van der Waals surface area contributed by atoms with Gasteiger partial charge in [0.2, 0.25) is 0 Å². The summed E-state index contributed by atoms with van der Waals surface area (Å²) in [4.78, 5) is 15.9. The number of methoxy groups -OCH3 is 1. The molecule has 76 valence electrons. The van der Waals surface area contributed by atoms with Crippen molar-refractivity contribution < 1.29 is 14.4 Å². The van der Waals surface area contributed by atoms with Gasteiger partial charge in [-0.15, -0.1) is 0 Å². The summed E-state index contributed by atoms with van der Waals surface area (Å²) in [5.74, 6) is 0.0517. The van der Waals surface area contributed by atoms with Crippen molar-refractivity contribution in [3.8, 4) is 5.75 Å². The van der Waals surface area contributed by atoms with E-state index in [-0.39, 0.29) is 0 Å². The Kier molecular flexibility index (Phi) is 3.73. The number of rotatable bonds is 3. The van der Waals surface area contributed by atoms with Crippen LogP contribution < -0.4 is 10.2 Å². The highest BCUT2D eigenvalue weighted by atomic mass is 35.5. The van der Waals surface area contributed by atoms with Gasteiger partial charge in [-0.3, -0.25) is 9.63 Å². The Morgan fingerprint density at radius 3 is 2.71 bits per heavy atom. The van der Waals surface area contributed by atoms with Crippen LogP contribution in [0.3, 0.4) is 0 Å². The molecule has 0 aliphatic rings. The number of hydrogen-bond acceptors (Lipinski definition) is 3. The molecule has 0 aliphatic heterocycles. The molecule has 5 heteroatoms. The highest BCUT2D eigenvalue weighted by molar-refractivity contribution is 6.31. The van der Waals surface area contributed by atoms with Crippen LogP contribution in [-0.4, -0.2) is 20.1 Å². The summed E-state index contributed by atoms with van der Waals surface area (Å²) >= 11 is 5.74. The normalized spacial score (nSPS) is 9.64. The fourth-order valence-corrected chi connectivity index (χ4v) is 1.18. The number of halogens is 1. The fraction of sp³-hybridized carbons (Fsp3) is 0.222. The average molecular weight is 216 g/mol. The number of benzene rings is 1. The second-order valence-electron chi connectivity index (χ2n) is 2.48. The van der Waals surface area contributed by atoms with Crippen molar-refractivity contribution in [2.24, 2.45) is 0 Å². The molecule has 0 atom stereocenters. The van der Waals surface area contributed by atoms with Crippen molar-refractivity contribution in [1.82, 2.24) is 5.48 Å². The zero-order chi connectivity index (χ0) is 10.6. The number of carbonyl (C=O) groups excluding carboxylic acids is 1. The number of ether oxygens (including phenoxy) is 1. The average Bonchev–Trinajstić information content (AvgIpc) is 2.18. The van der Waals surface area contributed by atoms with E-state index in [4.69, 9.17) is 16.3 Å². The summed E-state index contributed by atoms with van der Waals surface area (Å²) < 4.78 is 4.99. The molecule has 0 bridgehead atoms. The molecule has 1 aromatic rings. The lowest BCUT2D eigenvalue weighted by Gasteiger charge is -2.07. The van der Waals surface area contributed by atoms with Gasteiger partial charge in [-0.2, -0.15) is 0 Å². The van der Waals surface area contributed by atoms with E-state index in [1.807, 2.05) is 0 Å². The van der Waals surface area contributed by atoms with E-state index >= 15 is 0 Å². The van der Waals surface area contributed by atoms with Crippen molar-refractivity contribution >= 4 is 17.5 Å². The molecule has 0 spiro atoms. The standard InChI is InChI=1S/C9H10ClNO3/c1-13-8-4-3-6(10)5-7(8)9(12)11-14-2/h3-5H,1-2H3,(H,11,12). The lowest BCUT2D eigenvalue weighted by atomic mass is 10.2. The van der Waals surface area contributed by atoms with Crippen LogP contribution in [0.5, 0.6) is 5.75 Å². The summed E-state index contributed by atoms with van der Waals surface area (Å²) in [5, 5.41) is 0.465. The van der Waals surface area contributed by atoms with Gasteiger partial charge in [-0.05, 0) is 18.2 Å². The molecule has 1 amide bonds. The van der Waals surface area contributed by atoms with Gasteiger partial charge in [0, 0.05) is 5.02 Å². The fourth-order valence-electron chi connectivity index (χ4n) is 1.01. The van der Waals surface area contributed by atoms with Crippen LogP contribution >= 0.6 is 11.6 Å². The Hall–Kier alpha value is -1.26. The summed E-state index contributed by atoms with van der Waals surface area (Å²) in [6.07, 6.45) is 0. The maximum atomic E-state index is 11.4. The zero-order valence-electron chi connectivity index (χ0n) is 7.83. The van der Waals surface area contributed by atoms with Crippen LogP contribution in [0.2, 0.25) is 5.02 Å². The van der Waals surface area contributed by atoms with Gasteiger partial charge in [-0.1, -0.05) is 11.6 Å². The Morgan fingerprint density at radius 1 is 1.43 bits per heavy atom. The quantitative estimate of drug-likeness (QED) is 0.780. The molecule has 1 rings (SSSR count). The second-order valence-corrected chi connectivity index (χ2v) is 2.92. The number of nitrogens with one attached hydrogen (secondary N) is 1. The third-order valence-electron chi connectivity index (χ3n) is 1.60. The third-order valence-corrected chi connectivity index (χ3v) is 1.84. The van der Waals surface area contributed by atoms with E-state index in [1.54, 1.807) is 12.1 Å². The lowest BCUT2D eigenvalue weighted by Crippen LogP contribution is -2.22. The van der Waals surface area contributed by atoms with E-state index in [0.717, 1.165) is 0 Å². The Labute approximate surface area is 86.7 Å². The topological polar surface area (TPSA) is 47.6 Å². The number of hydrogen-bond donors (Lipinski definition) is 1. The largest absolute Gasteiger partial charge is 0.496 e. The third kappa shape index (κ3) is 2.37. The second kappa shape index (κ2) is 4.83. The molecule has 4 nitrogen and oxygen atoms in total. The van der Waals surface area contributed by atoms with Crippen LogP contribution in [-0.2, 0) is 4.84 Å². The van der Waals surface area contributed by atoms with E-state index in [2.05, 4.69) is 10.3 Å². The van der Waals surface area contributed by atoms with Crippen LogP contribution in [0.25, 0.3) is 0 Å². The molecule has 0 radical (unpaired) electrons. The molecular formula is C9H10ClNO3. The van der Waals surface area contributed by atoms with Crippen molar-refractivity contribution in [3.63, 3.8) is 0 Å². The maximum absolute atomic E-state index is 11.4. The van der Waals surface area contributed by atoms with Gasteiger partial charge in [0.05, 0.1) is 19.8 Å². The summed E-state index contributed by atoms with van der Waals surface area (Å²) in [6.45, 7) is 0. The molecular weight excluding hydrogens is 206 g/mol. The first kappa shape index (κ1) is 10.8. The van der Waals surface area contributed by atoms with Crippen molar-refractivity contribution in [2.45, 2.75) is 0 Å². The van der Waals surface area contributed by atoms with Crippen molar-refractivity contribution in [3.05, 3.63) is 28.8 Å². The predicted molar refractivity (Wildman–Crippen MR) is 52.5 cm³/mol. The number of carbonyl (C=O) groups is 1. The van der Waals surface area contributed by atoms with Crippen LogP contribution in [0.4, 0.5) is 0 Å². The van der Waals surface area contributed by atoms with Gasteiger partial charge < -0.3 is 4.74 Å². The molecule has 0 saturated heterocycles. The minimum Gasteiger partial charge on any atom is -0.496 e. The van der Waals surface area contributed by atoms with E-state index in [9.17, 15) is 4.79 Å². The summed E-state index contributed by atoms with van der Waals surface area (Å²) in [7, 11) is 2.84. The first-order valence-corrected chi connectivity index (χ1v) is 4.23. The monoisotopic (exact) mass is 215 g/mol. The Bertz CT molecular complexity index is 341. The van der Waals surface area contributed by atoms with E-state index < -0.39 is 5.91 Å². The maximum Gasteiger partial charge on any atom is 0.278 e. The van der Waals surface area contributed by atoms with Crippen LogP contribution in [0.1, 0.15) is 10.4 Å². The lowest BCUT2D eigenvalue weighted by molar-refractivity contribution is 0.0535. The molecule has 0 fully saturated rings. The highest BCUT2D eigenvalue weighted by Gasteiger charge is 2.11. The Morgan fingerprint density at radius 2 is 2.14 bits per heavy atom. The molecule has 0 saturated carbocycles. The van der Waals surface area contributed by atoms with E-state index in [0.29, 0.717) is 16.3 Å². The highest BCUT2D eigenvalue weighted by Crippen LogP contribution is 2.22. The smallest absolute Gasteiger partial charge is 0.278 e. The van der Waals surface area contributed by atoms with Crippen molar-refractivity contribution in [2.75, 3.05) is 14.2 Å². The molecule has 1 aromatic carbocycles. The predicted octanol–water partition coefficient (Wildman–Crippen LogP) is 1.64. The Balaban J connectivity index is 3.03. The SMILES string of the molecule is CONC(=O)c1cc(Cl)ccc1OC. The van der Waals surface area contributed by atoms with Gasteiger partial charge in [-0.25, -0.2) is 5.48 Å². The molecule has 14 heavy (non-hydrogen) atoms.